The number of ether oxygens (including phenoxy) is 2. The summed E-state index contributed by atoms with van der Waals surface area (Å²) in [7, 11) is 1.30. The quantitative estimate of drug-likeness (QED) is 0.625. The van der Waals surface area contributed by atoms with E-state index < -0.39 is 17.7 Å². The molecular formula is C14H14O5. The number of hydrogen-bond acceptors (Lipinski definition) is 5. The molecule has 1 atom stereocenters. The summed E-state index contributed by atoms with van der Waals surface area (Å²) in [5.74, 6) is -0.0232. The topological polar surface area (TPSA) is 65.7 Å². The van der Waals surface area contributed by atoms with Gasteiger partial charge in [-0.05, 0) is 31.5 Å². The predicted molar refractivity (Wildman–Crippen MR) is 69.3 cm³/mol. The van der Waals surface area contributed by atoms with Crippen LogP contribution in [0.4, 0.5) is 0 Å². The molecule has 0 amide bonds. The molecule has 100 valence electrons. The van der Waals surface area contributed by atoms with Crippen LogP contribution in [0.2, 0.25) is 0 Å². The first kappa shape index (κ1) is 13.1. The SMILES string of the molecule is COC(=O)[C@@H](C)Oc1ccc2c(C)cc(=O)oc2c1. The van der Waals surface area contributed by atoms with Gasteiger partial charge in [0.05, 0.1) is 7.11 Å². The molecule has 5 nitrogen and oxygen atoms in total. The summed E-state index contributed by atoms with van der Waals surface area (Å²) in [6.07, 6.45) is -0.723. The monoisotopic (exact) mass is 262 g/mol. The van der Waals surface area contributed by atoms with Crippen LogP contribution in [-0.2, 0) is 9.53 Å². The molecule has 1 aromatic carbocycles. The van der Waals surface area contributed by atoms with Gasteiger partial charge in [-0.25, -0.2) is 9.59 Å². The molecule has 5 heteroatoms. The Morgan fingerprint density at radius 3 is 2.74 bits per heavy atom. The number of esters is 1. The lowest BCUT2D eigenvalue weighted by atomic mass is 10.1. The number of rotatable bonds is 3. The molecule has 0 saturated heterocycles. The van der Waals surface area contributed by atoms with Crippen molar-refractivity contribution in [1.82, 2.24) is 0 Å². The number of carbonyl (C=O) groups is 1. The van der Waals surface area contributed by atoms with Gasteiger partial charge in [-0.1, -0.05) is 0 Å². The van der Waals surface area contributed by atoms with Crippen LogP contribution in [0.3, 0.4) is 0 Å². The third-order valence-corrected chi connectivity index (χ3v) is 2.77. The zero-order valence-electron chi connectivity index (χ0n) is 10.9. The third-order valence-electron chi connectivity index (χ3n) is 2.77. The van der Waals surface area contributed by atoms with Crippen LogP contribution in [0, 0.1) is 6.92 Å². The molecule has 0 spiro atoms. The Kier molecular flexibility index (Phi) is 3.55. The number of methoxy groups -OCH3 is 1. The van der Waals surface area contributed by atoms with Crippen LogP contribution >= 0.6 is 0 Å². The highest BCUT2D eigenvalue weighted by Crippen LogP contribution is 2.23. The number of benzene rings is 1. The second-order valence-corrected chi connectivity index (χ2v) is 4.19. The van der Waals surface area contributed by atoms with Crippen LogP contribution < -0.4 is 10.4 Å². The second kappa shape index (κ2) is 5.14. The summed E-state index contributed by atoms with van der Waals surface area (Å²) in [6, 6.07) is 6.52. The van der Waals surface area contributed by atoms with Crippen LogP contribution in [-0.4, -0.2) is 19.2 Å². The maximum absolute atomic E-state index is 11.3. The fourth-order valence-corrected chi connectivity index (χ4v) is 1.80. The number of aryl methyl sites for hydroxylation is 1. The standard InChI is InChI=1S/C14H14O5/c1-8-6-13(15)19-12-7-10(4-5-11(8)12)18-9(2)14(16)17-3/h4-7,9H,1-3H3/t9-/m1/s1. The Morgan fingerprint density at radius 2 is 2.05 bits per heavy atom. The average Bonchev–Trinajstić information content (AvgIpc) is 2.36. The largest absolute Gasteiger partial charge is 0.479 e. The molecule has 0 N–H and O–H groups in total. The molecule has 0 fully saturated rings. The summed E-state index contributed by atoms with van der Waals surface area (Å²) in [5.41, 5.74) is 0.849. The minimum Gasteiger partial charge on any atom is -0.479 e. The van der Waals surface area contributed by atoms with Gasteiger partial charge in [0.25, 0.3) is 0 Å². The van der Waals surface area contributed by atoms with E-state index in [4.69, 9.17) is 9.15 Å². The summed E-state index contributed by atoms with van der Waals surface area (Å²) < 4.78 is 15.1. The van der Waals surface area contributed by atoms with Crippen molar-refractivity contribution in [1.29, 1.82) is 0 Å². The van der Waals surface area contributed by atoms with Crippen molar-refractivity contribution < 1.29 is 18.7 Å². The van der Waals surface area contributed by atoms with Gasteiger partial charge in [0.15, 0.2) is 6.10 Å². The van der Waals surface area contributed by atoms with Crippen molar-refractivity contribution >= 4 is 16.9 Å². The average molecular weight is 262 g/mol. The lowest BCUT2D eigenvalue weighted by molar-refractivity contribution is -0.147. The lowest BCUT2D eigenvalue weighted by Crippen LogP contribution is -2.24. The predicted octanol–water partition coefficient (Wildman–Crippen LogP) is 2.04. The fourth-order valence-electron chi connectivity index (χ4n) is 1.80. The van der Waals surface area contributed by atoms with Gasteiger partial charge in [-0.15, -0.1) is 0 Å². The van der Waals surface area contributed by atoms with Crippen molar-refractivity contribution in [2.24, 2.45) is 0 Å². The molecule has 0 aliphatic rings. The fraction of sp³-hybridized carbons (Fsp3) is 0.286. The van der Waals surface area contributed by atoms with E-state index in [0.717, 1.165) is 10.9 Å². The molecule has 0 saturated carbocycles. The summed E-state index contributed by atoms with van der Waals surface area (Å²) in [6.45, 7) is 3.42. The molecule has 2 rings (SSSR count). The first-order valence-electron chi connectivity index (χ1n) is 5.80. The molecule has 0 aliphatic heterocycles. The van der Waals surface area contributed by atoms with Crippen LogP contribution in [0.15, 0.2) is 33.5 Å². The van der Waals surface area contributed by atoms with E-state index in [1.54, 1.807) is 25.1 Å². The molecule has 0 radical (unpaired) electrons. The molecular weight excluding hydrogens is 248 g/mol. The molecule has 0 bridgehead atoms. The zero-order chi connectivity index (χ0) is 14.0. The Labute approximate surface area is 109 Å². The van der Waals surface area contributed by atoms with Gasteiger partial charge in [-0.3, -0.25) is 0 Å². The Morgan fingerprint density at radius 1 is 1.32 bits per heavy atom. The maximum atomic E-state index is 11.3. The second-order valence-electron chi connectivity index (χ2n) is 4.19. The molecule has 19 heavy (non-hydrogen) atoms. The van der Waals surface area contributed by atoms with Gasteiger partial charge < -0.3 is 13.9 Å². The Balaban J connectivity index is 2.36. The molecule has 0 aliphatic carbocycles. The Bertz CT molecular complexity index is 671. The maximum Gasteiger partial charge on any atom is 0.346 e. The van der Waals surface area contributed by atoms with Crippen molar-refractivity contribution in [3.63, 3.8) is 0 Å². The molecule has 1 heterocycles. The van der Waals surface area contributed by atoms with Crippen molar-refractivity contribution in [3.05, 3.63) is 40.2 Å². The van der Waals surface area contributed by atoms with E-state index in [9.17, 15) is 9.59 Å². The van der Waals surface area contributed by atoms with E-state index in [1.165, 1.54) is 13.2 Å². The van der Waals surface area contributed by atoms with Crippen molar-refractivity contribution in [3.8, 4) is 5.75 Å². The van der Waals surface area contributed by atoms with Gasteiger partial charge in [-0.2, -0.15) is 0 Å². The first-order valence-corrected chi connectivity index (χ1v) is 5.80. The van der Waals surface area contributed by atoms with Gasteiger partial charge in [0.2, 0.25) is 0 Å². The van der Waals surface area contributed by atoms with Gasteiger partial charge in [0.1, 0.15) is 11.3 Å². The molecule has 2 aromatic rings. The van der Waals surface area contributed by atoms with E-state index >= 15 is 0 Å². The number of hydrogen-bond donors (Lipinski definition) is 0. The normalized spacial score (nSPS) is 12.2. The van der Waals surface area contributed by atoms with Crippen LogP contribution in [0.25, 0.3) is 11.0 Å². The molecule has 1 aromatic heterocycles. The van der Waals surface area contributed by atoms with E-state index in [2.05, 4.69) is 4.74 Å². The summed E-state index contributed by atoms with van der Waals surface area (Å²) >= 11 is 0. The highest BCUT2D eigenvalue weighted by molar-refractivity contribution is 5.81. The van der Waals surface area contributed by atoms with Crippen LogP contribution in [0.5, 0.6) is 5.75 Å². The third kappa shape index (κ3) is 2.76. The highest BCUT2D eigenvalue weighted by atomic mass is 16.6. The van der Waals surface area contributed by atoms with E-state index in [1.807, 2.05) is 6.92 Å². The zero-order valence-corrected chi connectivity index (χ0v) is 10.9. The minimum atomic E-state index is -0.723. The van der Waals surface area contributed by atoms with Gasteiger partial charge >= 0.3 is 11.6 Å². The summed E-state index contributed by atoms with van der Waals surface area (Å²) in [5, 5.41) is 0.831. The Hall–Kier alpha value is -2.30. The minimum absolute atomic E-state index is 0.414. The highest BCUT2D eigenvalue weighted by Gasteiger charge is 2.15. The van der Waals surface area contributed by atoms with Crippen molar-refractivity contribution in [2.45, 2.75) is 20.0 Å². The number of fused-ring (bicyclic) bond motifs is 1. The van der Waals surface area contributed by atoms with E-state index in [-0.39, 0.29) is 0 Å². The smallest absolute Gasteiger partial charge is 0.346 e. The van der Waals surface area contributed by atoms with Gasteiger partial charge in [0, 0.05) is 17.5 Å². The van der Waals surface area contributed by atoms with E-state index in [0.29, 0.717) is 11.3 Å². The number of carbonyl (C=O) groups excluding carboxylic acids is 1. The first-order chi connectivity index (χ1) is 9.01. The summed E-state index contributed by atoms with van der Waals surface area (Å²) in [4.78, 5) is 22.6. The lowest BCUT2D eigenvalue weighted by Gasteiger charge is -2.12. The van der Waals surface area contributed by atoms with Crippen molar-refractivity contribution in [2.75, 3.05) is 7.11 Å². The van der Waals surface area contributed by atoms with Crippen LogP contribution in [0.1, 0.15) is 12.5 Å². The molecule has 0 unspecified atom stereocenters.